The van der Waals surface area contributed by atoms with E-state index in [2.05, 4.69) is 15.9 Å². The van der Waals surface area contributed by atoms with E-state index < -0.39 is 5.60 Å². The molecule has 1 fully saturated rings. The molecule has 0 aliphatic carbocycles. The fourth-order valence-corrected chi connectivity index (χ4v) is 2.92. The molecule has 1 aromatic carbocycles. The molecule has 134 valence electrons. The highest BCUT2D eigenvalue weighted by Gasteiger charge is 2.38. The van der Waals surface area contributed by atoms with Crippen LogP contribution in [0.3, 0.4) is 0 Å². The summed E-state index contributed by atoms with van der Waals surface area (Å²) in [5, 5.41) is 0. The molecule has 0 spiro atoms. The van der Waals surface area contributed by atoms with Gasteiger partial charge in [0.15, 0.2) is 0 Å². The third-order valence-corrected chi connectivity index (χ3v) is 4.18. The summed E-state index contributed by atoms with van der Waals surface area (Å²) >= 11 is 3.41. The summed E-state index contributed by atoms with van der Waals surface area (Å²) in [6, 6.07) is 7.71. The fraction of sp³-hybridized carbons (Fsp3) is 0.611. The van der Waals surface area contributed by atoms with Crippen molar-refractivity contribution in [2.45, 2.75) is 45.3 Å². The summed E-state index contributed by atoms with van der Waals surface area (Å²) in [6.45, 7) is 9.78. The number of hydrogen-bond acceptors (Lipinski definition) is 4. The Morgan fingerprint density at radius 1 is 1.33 bits per heavy atom. The highest BCUT2D eigenvalue weighted by molar-refractivity contribution is 9.10. The van der Waals surface area contributed by atoms with Crippen LogP contribution in [0.5, 0.6) is 5.75 Å². The zero-order chi connectivity index (χ0) is 17.8. The van der Waals surface area contributed by atoms with Crippen molar-refractivity contribution in [1.82, 2.24) is 4.90 Å². The Morgan fingerprint density at radius 3 is 2.75 bits per heavy atom. The predicted octanol–water partition coefficient (Wildman–Crippen LogP) is 4.24. The van der Waals surface area contributed by atoms with Gasteiger partial charge in [0, 0.05) is 11.0 Å². The van der Waals surface area contributed by atoms with Crippen molar-refractivity contribution >= 4 is 22.0 Å². The SMILES string of the molecule is CC(C)(C)OC(=O)N1CCC(C)(OCCOc2cccc(Br)c2)C1. The minimum absolute atomic E-state index is 0.278. The van der Waals surface area contributed by atoms with Crippen molar-refractivity contribution in [1.29, 1.82) is 0 Å². The van der Waals surface area contributed by atoms with Gasteiger partial charge in [-0.05, 0) is 52.3 Å². The molecular formula is C18H26BrNO4. The summed E-state index contributed by atoms with van der Waals surface area (Å²) in [7, 11) is 0. The van der Waals surface area contributed by atoms with Gasteiger partial charge in [-0.15, -0.1) is 0 Å². The summed E-state index contributed by atoms with van der Waals surface area (Å²) in [6.07, 6.45) is 0.517. The van der Waals surface area contributed by atoms with Crippen molar-refractivity contribution < 1.29 is 19.0 Å². The van der Waals surface area contributed by atoms with E-state index in [1.807, 2.05) is 52.0 Å². The zero-order valence-electron chi connectivity index (χ0n) is 14.8. The van der Waals surface area contributed by atoms with Crippen LogP contribution in [0, 0.1) is 0 Å². The van der Waals surface area contributed by atoms with Gasteiger partial charge in [-0.2, -0.15) is 0 Å². The summed E-state index contributed by atoms with van der Waals surface area (Å²) in [5.41, 5.74) is -0.827. The first kappa shape index (κ1) is 19.1. The van der Waals surface area contributed by atoms with Gasteiger partial charge in [-0.25, -0.2) is 4.79 Å². The standard InChI is InChI=1S/C18H26BrNO4/c1-17(2,3)24-16(21)20-9-8-18(4,13-20)23-11-10-22-15-7-5-6-14(19)12-15/h5-7,12H,8-11,13H2,1-4H3. The van der Waals surface area contributed by atoms with E-state index in [1.54, 1.807) is 4.90 Å². The number of ether oxygens (including phenoxy) is 3. The monoisotopic (exact) mass is 399 g/mol. The molecule has 2 rings (SSSR count). The minimum Gasteiger partial charge on any atom is -0.491 e. The summed E-state index contributed by atoms with van der Waals surface area (Å²) < 4.78 is 18.0. The zero-order valence-corrected chi connectivity index (χ0v) is 16.4. The largest absolute Gasteiger partial charge is 0.491 e. The number of amides is 1. The van der Waals surface area contributed by atoms with Crippen molar-refractivity contribution in [3.8, 4) is 5.75 Å². The lowest BCUT2D eigenvalue weighted by Crippen LogP contribution is -2.39. The first-order valence-electron chi connectivity index (χ1n) is 8.17. The first-order valence-corrected chi connectivity index (χ1v) is 8.96. The molecule has 0 radical (unpaired) electrons. The van der Waals surface area contributed by atoms with Gasteiger partial charge in [0.25, 0.3) is 0 Å². The van der Waals surface area contributed by atoms with E-state index in [1.165, 1.54) is 0 Å². The van der Waals surface area contributed by atoms with E-state index in [0.29, 0.717) is 26.3 Å². The number of nitrogens with zero attached hydrogens (tertiary/aromatic N) is 1. The molecule has 1 unspecified atom stereocenters. The third-order valence-electron chi connectivity index (χ3n) is 3.69. The van der Waals surface area contributed by atoms with Crippen LogP contribution in [0.15, 0.2) is 28.7 Å². The molecule has 5 nitrogen and oxygen atoms in total. The van der Waals surface area contributed by atoms with Crippen LogP contribution in [0.1, 0.15) is 34.1 Å². The lowest BCUT2D eigenvalue weighted by molar-refractivity contribution is -0.0371. The van der Waals surface area contributed by atoms with Crippen LogP contribution in [-0.4, -0.2) is 48.5 Å². The lowest BCUT2D eigenvalue weighted by Gasteiger charge is -2.27. The van der Waals surface area contributed by atoms with Crippen LogP contribution in [0.25, 0.3) is 0 Å². The molecule has 1 aliphatic heterocycles. The molecule has 0 aromatic heterocycles. The Hall–Kier alpha value is -1.27. The van der Waals surface area contributed by atoms with Gasteiger partial charge in [0.2, 0.25) is 0 Å². The highest BCUT2D eigenvalue weighted by Crippen LogP contribution is 2.26. The number of likely N-dealkylation sites (tertiary alicyclic amines) is 1. The second-order valence-corrected chi connectivity index (χ2v) is 8.17. The Labute approximate surface area is 152 Å². The van der Waals surface area contributed by atoms with Crippen LogP contribution >= 0.6 is 15.9 Å². The van der Waals surface area contributed by atoms with Crippen LogP contribution < -0.4 is 4.74 Å². The van der Waals surface area contributed by atoms with Crippen LogP contribution in [0.2, 0.25) is 0 Å². The molecule has 1 aliphatic rings. The molecular weight excluding hydrogens is 374 g/mol. The number of benzene rings is 1. The van der Waals surface area contributed by atoms with Gasteiger partial charge in [-0.1, -0.05) is 22.0 Å². The fourth-order valence-electron chi connectivity index (χ4n) is 2.54. The van der Waals surface area contributed by atoms with E-state index in [9.17, 15) is 4.79 Å². The Kier molecular flexibility index (Phi) is 6.15. The molecule has 0 saturated carbocycles. The molecule has 1 heterocycles. The molecule has 1 atom stereocenters. The Bertz CT molecular complexity index is 572. The maximum atomic E-state index is 12.1. The highest BCUT2D eigenvalue weighted by atomic mass is 79.9. The minimum atomic E-state index is -0.477. The van der Waals surface area contributed by atoms with E-state index >= 15 is 0 Å². The van der Waals surface area contributed by atoms with Gasteiger partial charge in [0.05, 0.1) is 18.8 Å². The first-order chi connectivity index (χ1) is 11.2. The third kappa shape index (κ3) is 5.98. The lowest BCUT2D eigenvalue weighted by atomic mass is 10.1. The molecule has 0 bridgehead atoms. The van der Waals surface area contributed by atoms with Gasteiger partial charge in [0.1, 0.15) is 18.0 Å². The van der Waals surface area contributed by atoms with Crippen molar-refractivity contribution in [3.63, 3.8) is 0 Å². The summed E-state index contributed by atoms with van der Waals surface area (Å²) in [4.78, 5) is 13.8. The average Bonchev–Trinajstić information content (AvgIpc) is 2.85. The van der Waals surface area contributed by atoms with Gasteiger partial charge in [-0.3, -0.25) is 0 Å². The molecule has 6 heteroatoms. The smallest absolute Gasteiger partial charge is 0.410 e. The Morgan fingerprint density at radius 2 is 2.08 bits per heavy atom. The number of carbonyl (C=O) groups is 1. The molecule has 1 saturated heterocycles. The predicted molar refractivity (Wildman–Crippen MR) is 96.4 cm³/mol. The van der Waals surface area contributed by atoms with Crippen LogP contribution in [-0.2, 0) is 9.47 Å². The maximum absolute atomic E-state index is 12.1. The van der Waals surface area contributed by atoms with E-state index in [4.69, 9.17) is 14.2 Å². The molecule has 1 amide bonds. The van der Waals surface area contributed by atoms with Crippen molar-refractivity contribution in [2.24, 2.45) is 0 Å². The number of rotatable bonds is 5. The summed E-state index contributed by atoms with van der Waals surface area (Å²) in [5.74, 6) is 0.805. The topological polar surface area (TPSA) is 48.0 Å². The average molecular weight is 400 g/mol. The second-order valence-electron chi connectivity index (χ2n) is 7.26. The van der Waals surface area contributed by atoms with Gasteiger partial charge < -0.3 is 19.1 Å². The van der Waals surface area contributed by atoms with E-state index in [-0.39, 0.29) is 11.7 Å². The van der Waals surface area contributed by atoms with E-state index in [0.717, 1.165) is 16.6 Å². The number of carbonyl (C=O) groups excluding carboxylic acids is 1. The quantitative estimate of drug-likeness (QED) is 0.694. The van der Waals surface area contributed by atoms with Crippen molar-refractivity contribution in [3.05, 3.63) is 28.7 Å². The van der Waals surface area contributed by atoms with Gasteiger partial charge >= 0.3 is 6.09 Å². The second kappa shape index (κ2) is 7.74. The normalized spacial score (nSPS) is 21.0. The molecule has 0 N–H and O–H groups in total. The molecule has 24 heavy (non-hydrogen) atoms. The molecule has 1 aromatic rings. The number of hydrogen-bond donors (Lipinski definition) is 0. The Balaban J connectivity index is 1.74. The van der Waals surface area contributed by atoms with Crippen molar-refractivity contribution in [2.75, 3.05) is 26.3 Å². The maximum Gasteiger partial charge on any atom is 0.410 e. The number of halogens is 1. The van der Waals surface area contributed by atoms with Crippen LogP contribution in [0.4, 0.5) is 4.79 Å².